The second-order valence-electron chi connectivity index (χ2n) is 5.53. The third-order valence-electron chi connectivity index (χ3n) is 3.90. The van der Waals surface area contributed by atoms with E-state index in [0.29, 0.717) is 0 Å². The molecule has 0 N–H and O–H groups in total. The Hall–Kier alpha value is -1.80. The maximum atomic E-state index is 6.37. The average Bonchev–Trinajstić information content (AvgIpc) is 2.86. The standard InChI is InChI=1S/C18H19ClN2/c1-12-9-10-16-17(11-12)21(18(20-16)13(2)19)14(3)15-7-5-4-6-8-15/h4-11,13-14H,1-3H3. The van der Waals surface area contributed by atoms with Crippen LogP contribution < -0.4 is 0 Å². The van der Waals surface area contributed by atoms with Crippen molar-refractivity contribution in [3.63, 3.8) is 0 Å². The number of halogens is 1. The Labute approximate surface area is 130 Å². The summed E-state index contributed by atoms with van der Waals surface area (Å²) in [6.07, 6.45) is 0. The maximum absolute atomic E-state index is 6.37. The van der Waals surface area contributed by atoms with Crippen LogP contribution in [0.2, 0.25) is 0 Å². The first kappa shape index (κ1) is 14.2. The Morgan fingerprint density at radius 1 is 1.05 bits per heavy atom. The Kier molecular flexibility index (Phi) is 3.73. The summed E-state index contributed by atoms with van der Waals surface area (Å²) in [4.78, 5) is 4.73. The van der Waals surface area contributed by atoms with Gasteiger partial charge in [-0.2, -0.15) is 0 Å². The van der Waals surface area contributed by atoms with Crippen LogP contribution >= 0.6 is 11.6 Å². The van der Waals surface area contributed by atoms with Gasteiger partial charge in [-0.15, -0.1) is 11.6 Å². The van der Waals surface area contributed by atoms with E-state index in [9.17, 15) is 0 Å². The average molecular weight is 299 g/mol. The number of nitrogens with zero attached hydrogens (tertiary/aromatic N) is 2. The van der Waals surface area contributed by atoms with Crippen LogP contribution in [0.3, 0.4) is 0 Å². The molecule has 1 heterocycles. The van der Waals surface area contributed by atoms with Gasteiger partial charge < -0.3 is 4.57 Å². The highest BCUT2D eigenvalue weighted by atomic mass is 35.5. The highest BCUT2D eigenvalue weighted by Crippen LogP contribution is 2.31. The Morgan fingerprint density at radius 3 is 2.43 bits per heavy atom. The van der Waals surface area contributed by atoms with Crippen molar-refractivity contribution in [1.82, 2.24) is 9.55 Å². The molecule has 0 aliphatic carbocycles. The summed E-state index contributed by atoms with van der Waals surface area (Å²) in [5, 5.41) is -0.121. The second-order valence-corrected chi connectivity index (χ2v) is 6.19. The Morgan fingerprint density at radius 2 is 1.76 bits per heavy atom. The molecule has 1 aromatic heterocycles. The molecule has 3 aromatic rings. The minimum absolute atomic E-state index is 0.121. The smallest absolute Gasteiger partial charge is 0.128 e. The van der Waals surface area contributed by atoms with E-state index >= 15 is 0 Å². The highest BCUT2D eigenvalue weighted by molar-refractivity contribution is 6.20. The zero-order valence-electron chi connectivity index (χ0n) is 12.5. The molecule has 3 heteroatoms. The van der Waals surface area contributed by atoms with E-state index in [0.717, 1.165) is 16.9 Å². The first-order valence-corrected chi connectivity index (χ1v) is 7.69. The molecule has 0 radical (unpaired) electrons. The lowest BCUT2D eigenvalue weighted by molar-refractivity contribution is 0.618. The number of alkyl halides is 1. The van der Waals surface area contributed by atoms with Gasteiger partial charge in [0.1, 0.15) is 5.82 Å². The van der Waals surface area contributed by atoms with Gasteiger partial charge in [-0.05, 0) is 44.0 Å². The van der Waals surface area contributed by atoms with Crippen molar-refractivity contribution in [2.75, 3.05) is 0 Å². The van der Waals surface area contributed by atoms with Crippen molar-refractivity contribution in [2.24, 2.45) is 0 Å². The van der Waals surface area contributed by atoms with E-state index in [1.165, 1.54) is 11.1 Å². The molecule has 21 heavy (non-hydrogen) atoms. The molecule has 2 atom stereocenters. The maximum Gasteiger partial charge on any atom is 0.128 e. The lowest BCUT2D eigenvalue weighted by atomic mass is 10.1. The van der Waals surface area contributed by atoms with Crippen molar-refractivity contribution >= 4 is 22.6 Å². The Bertz CT molecular complexity index is 759. The molecule has 0 aliphatic rings. The molecule has 0 aliphatic heterocycles. The van der Waals surface area contributed by atoms with Gasteiger partial charge in [-0.3, -0.25) is 0 Å². The quantitative estimate of drug-likeness (QED) is 0.604. The normalized spacial score (nSPS) is 14.3. The number of rotatable bonds is 3. The van der Waals surface area contributed by atoms with Gasteiger partial charge in [0.15, 0.2) is 0 Å². The minimum atomic E-state index is -0.121. The predicted molar refractivity (Wildman–Crippen MR) is 89.0 cm³/mol. The summed E-state index contributed by atoms with van der Waals surface area (Å²) in [5.41, 5.74) is 4.65. The molecule has 0 amide bonds. The van der Waals surface area contributed by atoms with E-state index in [1.54, 1.807) is 0 Å². The molecule has 2 unspecified atom stereocenters. The Balaban J connectivity index is 2.24. The van der Waals surface area contributed by atoms with Gasteiger partial charge in [0.05, 0.1) is 22.5 Å². The zero-order chi connectivity index (χ0) is 15.0. The number of fused-ring (bicyclic) bond motifs is 1. The summed E-state index contributed by atoms with van der Waals surface area (Å²) in [6, 6.07) is 17.0. The van der Waals surface area contributed by atoms with Gasteiger partial charge in [-0.25, -0.2) is 4.98 Å². The van der Waals surface area contributed by atoms with Crippen LogP contribution in [0.15, 0.2) is 48.5 Å². The number of aromatic nitrogens is 2. The third-order valence-corrected chi connectivity index (χ3v) is 4.09. The molecule has 2 aromatic carbocycles. The fraction of sp³-hybridized carbons (Fsp3) is 0.278. The van der Waals surface area contributed by atoms with Crippen molar-refractivity contribution in [3.8, 4) is 0 Å². The highest BCUT2D eigenvalue weighted by Gasteiger charge is 2.20. The van der Waals surface area contributed by atoms with Crippen molar-refractivity contribution in [2.45, 2.75) is 32.2 Å². The van der Waals surface area contributed by atoms with Crippen LogP contribution in [0.25, 0.3) is 11.0 Å². The van der Waals surface area contributed by atoms with Crippen LogP contribution in [0.1, 0.15) is 42.2 Å². The fourth-order valence-corrected chi connectivity index (χ4v) is 2.94. The van der Waals surface area contributed by atoms with Crippen LogP contribution in [0.4, 0.5) is 0 Å². The van der Waals surface area contributed by atoms with Crippen LogP contribution in [0, 0.1) is 6.92 Å². The molecule has 0 bridgehead atoms. The fourth-order valence-electron chi connectivity index (χ4n) is 2.79. The van der Waals surface area contributed by atoms with E-state index in [4.69, 9.17) is 16.6 Å². The number of benzene rings is 2. The number of aryl methyl sites for hydroxylation is 1. The van der Waals surface area contributed by atoms with E-state index in [-0.39, 0.29) is 11.4 Å². The van der Waals surface area contributed by atoms with Crippen LogP contribution in [-0.4, -0.2) is 9.55 Å². The van der Waals surface area contributed by atoms with Crippen molar-refractivity contribution in [1.29, 1.82) is 0 Å². The molecule has 0 spiro atoms. The lowest BCUT2D eigenvalue weighted by Crippen LogP contribution is -2.11. The van der Waals surface area contributed by atoms with Crippen LogP contribution in [-0.2, 0) is 0 Å². The molecule has 0 saturated heterocycles. The lowest BCUT2D eigenvalue weighted by Gasteiger charge is -2.19. The molecule has 0 fully saturated rings. The van der Waals surface area contributed by atoms with E-state index in [1.807, 2.05) is 13.0 Å². The molecular weight excluding hydrogens is 280 g/mol. The number of imidazole rings is 1. The minimum Gasteiger partial charge on any atom is -0.319 e. The monoisotopic (exact) mass is 298 g/mol. The molecule has 108 valence electrons. The van der Waals surface area contributed by atoms with E-state index in [2.05, 4.69) is 60.9 Å². The van der Waals surface area contributed by atoms with Gasteiger partial charge in [-0.1, -0.05) is 36.4 Å². The summed E-state index contributed by atoms with van der Waals surface area (Å²) in [5.74, 6) is 0.925. The largest absolute Gasteiger partial charge is 0.319 e. The molecule has 3 rings (SSSR count). The second kappa shape index (κ2) is 5.53. The molecular formula is C18H19ClN2. The number of hydrogen-bond donors (Lipinski definition) is 0. The van der Waals surface area contributed by atoms with Gasteiger partial charge >= 0.3 is 0 Å². The first-order valence-electron chi connectivity index (χ1n) is 7.25. The molecule has 0 saturated carbocycles. The van der Waals surface area contributed by atoms with Crippen molar-refractivity contribution < 1.29 is 0 Å². The third kappa shape index (κ3) is 2.56. The van der Waals surface area contributed by atoms with Gasteiger partial charge in [0.25, 0.3) is 0 Å². The van der Waals surface area contributed by atoms with E-state index < -0.39 is 0 Å². The van der Waals surface area contributed by atoms with Gasteiger partial charge in [0.2, 0.25) is 0 Å². The summed E-state index contributed by atoms with van der Waals surface area (Å²) >= 11 is 6.37. The molecule has 2 nitrogen and oxygen atoms in total. The topological polar surface area (TPSA) is 17.8 Å². The first-order chi connectivity index (χ1) is 10.1. The van der Waals surface area contributed by atoms with Crippen LogP contribution in [0.5, 0.6) is 0 Å². The SMILES string of the molecule is Cc1ccc2nc(C(C)Cl)n(C(C)c3ccccc3)c2c1. The summed E-state index contributed by atoms with van der Waals surface area (Å²) in [6.45, 7) is 6.28. The van der Waals surface area contributed by atoms with Gasteiger partial charge in [0, 0.05) is 0 Å². The van der Waals surface area contributed by atoms with Crippen molar-refractivity contribution in [3.05, 3.63) is 65.5 Å². The summed E-state index contributed by atoms with van der Waals surface area (Å²) in [7, 11) is 0. The zero-order valence-corrected chi connectivity index (χ0v) is 13.3. The summed E-state index contributed by atoms with van der Waals surface area (Å²) < 4.78 is 2.26. The number of hydrogen-bond acceptors (Lipinski definition) is 1. The predicted octanol–water partition coefficient (Wildman–Crippen LogP) is 5.25.